The summed E-state index contributed by atoms with van der Waals surface area (Å²) in [6.07, 6.45) is 1.58. The second-order valence-corrected chi connectivity index (χ2v) is 10.4. The van der Waals surface area contributed by atoms with E-state index in [0.29, 0.717) is 12.1 Å². The van der Waals surface area contributed by atoms with Crippen molar-refractivity contribution in [1.29, 1.82) is 0 Å². The number of fused-ring (bicyclic) bond motifs is 1. The second kappa shape index (κ2) is 13.8. The van der Waals surface area contributed by atoms with Crippen molar-refractivity contribution in [2.75, 3.05) is 39.2 Å². The number of hydrogen-bond donors (Lipinski definition) is 2. The Hall–Kier alpha value is -3.89. The Morgan fingerprint density at radius 2 is 1.81 bits per heavy atom. The molecule has 9 nitrogen and oxygen atoms in total. The summed E-state index contributed by atoms with van der Waals surface area (Å²) < 4.78 is 29.2. The molecule has 42 heavy (non-hydrogen) atoms. The Morgan fingerprint density at radius 3 is 2.52 bits per heavy atom. The van der Waals surface area contributed by atoms with Crippen molar-refractivity contribution in [2.24, 2.45) is 0 Å². The SMILES string of the molecule is C=CCOC(=O)Nc1cccc([C@H]2O[C@@H](CN3CCc4cc(OC)c(OC)cc4C3)C[C@@H](c3ccc(CO)cc3)O2)c1. The molecule has 0 aromatic heterocycles. The van der Waals surface area contributed by atoms with Crippen LogP contribution in [0.25, 0.3) is 0 Å². The van der Waals surface area contributed by atoms with Crippen LogP contribution in [0.5, 0.6) is 11.5 Å². The molecule has 3 atom stereocenters. The van der Waals surface area contributed by atoms with Crippen molar-refractivity contribution in [3.63, 3.8) is 0 Å². The summed E-state index contributed by atoms with van der Waals surface area (Å²) >= 11 is 0. The molecule has 9 heteroatoms. The van der Waals surface area contributed by atoms with E-state index in [9.17, 15) is 9.90 Å². The van der Waals surface area contributed by atoms with E-state index in [-0.39, 0.29) is 25.4 Å². The van der Waals surface area contributed by atoms with Crippen LogP contribution in [0.2, 0.25) is 0 Å². The fourth-order valence-electron chi connectivity index (χ4n) is 5.47. The first-order valence-corrected chi connectivity index (χ1v) is 14.1. The van der Waals surface area contributed by atoms with Gasteiger partial charge in [0, 0.05) is 37.3 Å². The molecule has 1 saturated heterocycles. The third kappa shape index (κ3) is 7.11. The number of anilines is 1. The lowest BCUT2D eigenvalue weighted by Crippen LogP contribution is -2.41. The maximum absolute atomic E-state index is 12.1. The first-order chi connectivity index (χ1) is 20.5. The first kappa shape index (κ1) is 29.6. The molecule has 2 N–H and O–H groups in total. The van der Waals surface area contributed by atoms with Crippen molar-refractivity contribution in [3.8, 4) is 11.5 Å². The largest absolute Gasteiger partial charge is 0.493 e. The Morgan fingerprint density at radius 1 is 1.05 bits per heavy atom. The Labute approximate surface area is 246 Å². The number of nitrogens with zero attached hydrogens (tertiary/aromatic N) is 1. The molecule has 0 bridgehead atoms. The van der Waals surface area contributed by atoms with Crippen LogP contribution in [0.3, 0.4) is 0 Å². The lowest BCUT2D eigenvalue weighted by atomic mass is 9.97. The number of hydrogen-bond acceptors (Lipinski definition) is 8. The number of carbonyl (C=O) groups is 1. The van der Waals surface area contributed by atoms with Gasteiger partial charge >= 0.3 is 6.09 Å². The maximum Gasteiger partial charge on any atom is 0.411 e. The number of aliphatic hydroxyl groups is 1. The summed E-state index contributed by atoms with van der Waals surface area (Å²) in [5, 5.41) is 12.3. The molecule has 1 fully saturated rings. The second-order valence-electron chi connectivity index (χ2n) is 10.4. The number of benzene rings is 3. The third-order valence-electron chi connectivity index (χ3n) is 7.61. The molecule has 2 aliphatic heterocycles. The highest BCUT2D eigenvalue weighted by molar-refractivity contribution is 5.84. The summed E-state index contributed by atoms with van der Waals surface area (Å²) in [6, 6.07) is 19.4. The molecule has 0 spiro atoms. The molecular formula is C33H38N2O7. The number of aliphatic hydroxyl groups excluding tert-OH is 1. The van der Waals surface area contributed by atoms with E-state index in [1.165, 1.54) is 17.2 Å². The van der Waals surface area contributed by atoms with Crippen LogP contribution in [-0.2, 0) is 33.8 Å². The summed E-state index contributed by atoms with van der Waals surface area (Å²) in [5.41, 5.74) is 5.73. The fraction of sp³-hybridized carbons (Fsp3) is 0.364. The van der Waals surface area contributed by atoms with E-state index >= 15 is 0 Å². The Kier molecular flexibility index (Phi) is 9.76. The van der Waals surface area contributed by atoms with Crippen LogP contribution < -0.4 is 14.8 Å². The summed E-state index contributed by atoms with van der Waals surface area (Å²) in [4.78, 5) is 14.5. The highest BCUT2D eigenvalue weighted by atomic mass is 16.7. The van der Waals surface area contributed by atoms with Gasteiger partial charge in [-0.25, -0.2) is 4.79 Å². The molecule has 0 radical (unpaired) electrons. The van der Waals surface area contributed by atoms with Crippen LogP contribution in [0.1, 0.15) is 46.6 Å². The number of rotatable bonds is 10. The Balaban J connectivity index is 1.35. The third-order valence-corrected chi connectivity index (χ3v) is 7.61. The van der Waals surface area contributed by atoms with Crippen molar-refractivity contribution >= 4 is 11.8 Å². The predicted octanol–water partition coefficient (Wildman–Crippen LogP) is 5.53. The molecule has 0 aliphatic carbocycles. The van der Waals surface area contributed by atoms with E-state index in [0.717, 1.165) is 54.2 Å². The monoisotopic (exact) mass is 574 g/mol. The zero-order chi connectivity index (χ0) is 29.5. The zero-order valence-electron chi connectivity index (χ0n) is 24.1. The van der Waals surface area contributed by atoms with Crippen LogP contribution in [0.15, 0.2) is 73.3 Å². The number of nitrogens with one attached hydrogen (secondary N) is 1. The lowest BCUT2D eigenvalue weighted by Gasteiger charge is -2.39. The van der Waals surface area contributed by atoms with E-state index < -0.39 is 12.4 Å². The van der Waals surface area contributed by atoms with Gasteiger partial charge in [-0.3, -0.25) is 10.2 Å². The number of carbonyl (C=O) groups excluding carboxylic acids is 1. The fourth-order valence-corrected chi connectivity index (χ4v) is 5.47. The average Bonchev–Trinajstić information content (AvgIpc) is 3.03. The summed E-state index contributed by atoms with van der Waals surface area (Å²) in [6.45, 7) is 6.09. The van der Waals surface area contributed by atoms with Gasteiger partial charge in [-0.2, -0.15) is 0 Å². The minimum absolute atomic E-state index is 0.0116. The summed E-state index contributed by atoms with van der Waals surface area (Å²) in [5.74, 6) is 1.48. The van der Waals surface area contributed by atoms with Crippen LogP contribution in [0, 0.1) is 0 Å². The lowest BCUT2D eigenvalue weighted by molar-refractivity contribution is -0.253. The molecular weight excluding hydrogens is 536 g/mol. The van der Waals surface area contributed by atoms with E-state index in [2.05, 4.69) is 28.9 Å². The minimum Gasteiger partial charge on any atom is -0.493 e. The summed E-state index contributed by atoms with van der Waals surface area (Å²) in [7, 11) is 3.31. The van der Waals surface area contributed by atoms with Gasteiger partial charge in [-0.1, -0.05) is 49.1 Å². The van der Waals surface area contributed by atoms with Crippen LogP contribution in [0.4, 0.5) is 10.5 Å². The van der Waals surface area contributed by atoms with Gasteiger partial charge in [-0.05, 0) is 52.9 Å². The molecule has 3 aromatic carbocycles. The number of amides is 1. The van der Waals surface area contributed by atoms with Gasteiger partial charge in [0.2, 0.25) is 0 Å². The minimum atomic E-state index is -0.640. The molecule has 0 unspecified atom stereocenters. The van der Waals surface area contributed by atoms with Gasteiger partial charge in [0.15, 0.2) is 17.8 Å². The quantitative estimate of drug-likeness (QED) is 0.305. The van der Waals surface area contributed by atoms with Crippen LogP contribution in [-0.4, -0.2) is 56.1 Å². The van der Waals surface area contributed by atoms with E-state index in [1.54, 1.807) is 20.3 Å². The highest BCUT2D eigenvalue weighted by Crippen LogP contribution is 2.39. The molecule has 5 rings (SSSR count). The van der Waals surface area contributed by atoms with Gasteiger partial charge in [0.05, 0.1) is 33.0 Å². The highest BCUT2D eigenvalue weighted by Gasteiger charge is 2.34. The molecule has 2 heterocycles. The van der Waals surface area contributed by atoms with Crippen molar-refractivity contribution < 1.29 is 33.6 Å². The topological polar surface area (TPSA) is 98.7 Å². The molecule has 0 saturated carbocycles. The first-order valence-electron chi connectivity index (χ1n) is 14.1. The zero-order valence-corrected chi connectivity index (χ0v) is 24.1. The van der Waals surface area contributed by atoms with Gasteiger partial charge < -0.3 is 28.8 Å². The van der Waals surface area contributed by atoms with Crippen molar-refractivity contribution in [3.05, 3.63) is 101 Å². The normalized spacial score (nSPS) is 20.3. The molecule has 1 amide bonds. The number of methoxy groups -OCH3 is 2. The smallest absolute Gasteiger partial charge is 0.411 e. The molecule has 3 aromatic rings. The number of ether oxygens (including phenoxy) is 5. The van der Waals surface area contributed by atoms with Gasteiger partial charge in [0.1, 0.15) is 6.61 Å². The molecule has 2 aliphatic rings. The average molecular weight is 575 g/mol. The van der Waals surface area contributed by atoms with Crippen LogP contribution >= 0.6 is 0 Å². The van der Waals surface area contributed by atoms with Crippen molar-refractivity contribution in [2.45, 2.75) is 44.5 Å². The van der Waals surface area contributed by atoms with E-state index in [4.69, 9.17) is 23.7 Å². The molecule has 222 valence electrons. The maximum atomic E-state index is 12.1. The van der Waals surface area contributed by atoms with E-state index in [1.807, 2.05) is 42.5 Å². The van der Waals surface area contributed by atoms with Gasteiger partial charge in [-0.15, -0.1) is 0 Å². The predicted molar refractivity (Wildman–Crippen MR) is 159 cm³/mol. The standard InChI is InChI=1S/C33H38N2O7/c1-4-14-40-33(37)34-27-7-5-6-25(15-27)32-41-28(18-29(42-32)23-10-8-22(21-36)9-11-23)20-35-13-12-24-16-30(38-2)31(39-3)17-26(24)19-35/h4-11,15-17,28-29,32,36H,1,12-14,18-21H2,2-3H3,(H,34,37)/t28-,29+,32+/m1/s1. The Bertz CT molecular complexity index is 1380. The van der Waals surface area contributed by atoms with Crippen molar-refractivity contribution in [1.82, 2.24) is 4.90 Å². The van der Waals surface area contributed by atoms with Gasteiger partial charge in [0.25, 0.3) is 0 Å².